The van der Waals surface area contributed by atoms with Gasteiger partial charge in [-0.15, -0.1) is 11.3 Å². The molecule has 0 saturated carbocycles. The van der Waals surface area contributed by atoms with Crippen molar-refractivity contribution in [3.05, 3.63) is 21.4 Å². The molecule has 1 aromatic rings. The van der Waals surface area contributed by atoms with Crippen LogP contribution in [0.1, 0.15) is 47.3 Å². The lowest BCUT2D eigenvalue weighted by Gasteiger charge is -2.19. The lowest BCUT2D eigenvalue weighted by molar-refractivity contribution is -0.140. The zero-order chi connectivity index (χ0) is 14.6. The third kappa shape index (κ3) is 3.80. The van der Waals surface area contributed by atoms with Crippen molar-refractivity contribution in [1.82, 2.24) is 5.32 Å². The third-order valence-corrected chi connectivity index (χ3v) is 4.71. The lowest BCUT2D eigenvalue weighted by Crippen LogP contribution is -2.44. The Kier molecular flexibility index (Phi) is 5.54. The molecule has 4 nitrogen and oxygen atoms in total. The first kappa shape index (κ1) is 15.7. The number of aliphatic carboxylic acids is 1. The molecule has 2 N–H and O–H groups in total. The van der Waals surface area contributed by atoms with Gasteiger partial charge in [-0.2, -0.15) is 0 Å². The molecule has 0 aliphatic rings. The zero-order valence-corrected chi connectivity index (χ0v) is 12.6. The molecule has 0 aliphatic heterocycles. The maximum atomic E-state index is 12.1. The molecule has 0 spiro atoms. The van der Waals surface area contributed by atoms with Crippen LogP contribution in [-0.2, 0) is 11.2 Å². The molecular formula is C14H21NO3S. The van der Waals surface area contributed by atoms with E-state index in [1.807, 2.05) is 33.8 Å². The van der Waals surface area contributed by atoms with Crippen LogP contribution < -0.4 is 5.32 Å². The second kappa shape index (κ2) is 6.70. The van der Waals surface area contributed by atoms with Crippen LogP contribution in [0.4, 0.5) is 0 Å². The van der Waals surface area contributed by atoms with Crippen molar-refractivity contribution < 1.29 is 14.7 Å². The summed E-state index contributed by atoms with van der Waals surface area (Å²) in [5.41, 5.74) is 1.09. The van der Waals surface area contributed by atoms with E-state index in [2.05, 4.69) is 5.32 Å². The fraction of sp³-hybridized carbons (Fsp3) is 0.571. The quantitative estimate of drug-likeness (QED) is 0.843. The summed E-state index contributed by atoms with van der Waals surface area (Å²) in [6.07, 6.45) is 1.60. The van der Waals surface area contributed by atoms with Gasteiger partial charge in [0.25, 0.3) is 5.91 Å². The summed E-state index contributed by atoms with van der Waals surface area (Å²) < 4.78 is 0. The van der Waals surface area contributed by atoms with Crippen LogP contribution in [0, 0.1) is 12.8 Å². The van der Waals surface area contributed by atoms with E-state index in [0.717, 1.165) is 12.0 Å². The minimum Gasteiger partial charge on any atom is -0.480 e. The van der Waals surface area contributed by atoms with E-state index in [1.54, 1.807) is 0 Å². The van der Waals surface area contributed by atoms with Crippen LogP contribution >= 0.6 is 11.3 Å². The highest BCUT2D eigenvalue weighted by molar-refractivity contribution is 7.14. The Balaban J connectivity index is 2.84. The standard InChI is InChI=1S/C14H21NO3S/c1-5-8(3)12(14(17)18)15-13(16)11-7-9(4)10(6-2)19-11/h7-8,12H,5-6H2,1-4H3,(H,15,16)(H,17,18)/t8-,12-/m0/s1. The molecule has 1 rings (SSSR count). The van der Waals surface area contributed by atoms with Gasteiger partial charge < -0.3 is 10.4 Å². The molecule has 0 radical (unpaired) electrons. The third-order valence-electron chi connectivity index (χ3n) is 3.33. The molecule has 5 heteroatoms. The van der Waals surface area contributed by atoms with E-state index in [0.29, 0.717) is 11.3 Å². The van der Waals surface area contributed by atoms with Crippen LogP contribution in [0.25, 0.3) is 0 Å². The minimum absolute atomic E-state index is 0.0897. The summed E-state index contributed by atoms with van der Waals surface area (Å²) in [4.78, 5) is 25.0. The highest BCUT2D eigenvalue weighted by Crippen LogP contribution is 2.22. The zero-order valence-electron chi connectivity index (χ0n) is 11.8. The van der Waals surface area contributed by atoms with Crippen molar-refractivity contribution in [3.63, 3.8) is 0 Å². The van der Waals surface area contributed by atoms with Gasteiger partial charge in [0.1, 0.15) is 6.04 Å². The second-order valence-electron chi connectivity index (χ2n) is 4.75. The molecule has 1 aromatic heterocycles. The summed E-state index contributed by atoms with van der Waals surface area (Å²) >= 11 is 1.44. The predicted octanol–water partition coefficient (Wildman–Crippen LogP) is 2.85. The van der Waals surface area contributed by atoms with Crippen molar-refractivity contribution in [2.24, 2.45) is 5.92 Å². The minimum atomic E-state index is -0.980. The molecule has 0 aromatic carbocycles. The fourth-order valence-corrected chi connectivity index (χ4v) is 2.90. The highest BCUT2D eigenvalue weighted by Gasteiger charge is 2.26. The van der Waals surface area contributed by atoms with Gasteiger partial charge in [-0.25, -0.2) is 4.79 Å². The number of rotatable bonds is 6. The van der Waals surface area contributed by atoms with Gasteiger partial charge in [-0.3, -0.25) is 4.79 Å². The van der Waals surface area contributed by atoms with E-state index in [1.165, 1.54) is 16.2 Å². The van der Waals surface area contributed by atoms with E-state index in [-0.39, 0.29) is 11.8 Å². The largest absolute Gasteiger partial charge is 0.480 e. The Hall–Kier alpha value is -1.36. The molecule has 2 atom stereocenters. The maximum Gasteiger partial charge on any atom is 0.326 e. The Morgan fingerprint density at radius 2 is 2.05 bits per heavy atom. The predicted molar refractivity (Wildman–Crippen MR) is 76.8 cm³/mol. The Morgan fingerprint density at radius 3 is 2.47 bits per heavy atom. The number of nitrogens with one attached hydrogen (secondary N) is 1. The Morgan fingerprint density at radius 1 is 1.42 bits per heavy atom. The van der Waals surface area contributed by atoms with Crippen molar-refractivity contribution >= 4 is 23.2 Å². The molecule has 0 saturated heterocycles. The van der Waals surface area contributed by atoms with Gasteiger partial charge in [-0.05, 0) is 30.9 Å². The van der Waals surface area contributed by atoms with E-state index < -0.39 is 12.0 Å². The molecule has 106 valence electrons. The van der Waals surface area contributed by atoms with Crippen molar-refractivity contribution in [2.75, 3.05) is 0 Å². The van der Waals surface area contributed by atoms with Gasteiger partial charge in [0.2, 0.25) is 0 Å². The molecule has 0 aliphatic carbocycles. The topological polar surface area (TPSA) is 66.4 Å². The SMILES string of the molecule is CCc1sc(C(=O)N[C@H](C(=O)O)[C@@H](C)CC)cc1C. The number of amides is 1. The number of carboxylic acid groups (broad SMARTS) is 1. The first-order valence-electron chi connectivity index (χ1n) is 6.53. The average molecular weight is 283 g/mol. The summed E-state index contributed by atoms with van der Waals surface area (Å²) in [6, 6.07) is 0.999. The van der Waals surface area contributed by atoms with E-state index in [9.17, 15) is 9.59 Å². The van der Waals surface area contributed by atoms with Crippen LogP contribution in [0.2, 0.25) is 0 Å². The van der Waals surface area contributed by atoms with Crippen LogP contribution in [0.5, 0.6) is 0 Å². The second-order valence-corrected chi connectivity index (χ2v) is 5.88. The first-order valence-corrected chi connectivity index (χ1v) is 7.35. The lowest BCUT2D eigenvalue weighted by atomic mass is 9.99. The molecule has 0 bridgehead atoms. The molecular weight excluding hydrogens is 262 g/mol. The van der Waals surface area contributed by atoms with Gasteiger partial charge in [0.05, 0.1) is 4.88 Å². The monoisotopic (exact) mass is 283 g/mol. The fourth-order valence-electron chi connectivity index (χ4n) is 1.88. The number of carboxylic acids is 1. The Bertz CT molecular complexity index is 467. The number of carbonyl (C=O) groups is 2. The van der Waals surface area contributed by atoms with Crippen molar-refractivity contribution in [3.8, 4) is 0 Å². The van der Waals surface area contributed by atoms with Gasteiger partial charge in [-0.1, -0.05) is 27.2 Å². The van der Waals surface area contributed by atoms with Crippen LogP contribution in [-0.4, -0.2) is 23.0 Å². The molecule has 0 fully saturated rings. The van der Waals surface area contributed by atoms with Crippen molar-refractivity contribution in [2.45, 2.75) is 46.6 Å². The van der Waals surface area contributed by atoms with Crippen LogP contribution in [0.15, 0.2) is 6.07 Å². The number of hydrogen-bond donors (Lipinski definition) is 2. The summed E-state index contributed by atoms with van der Waals surface area (Å²) in [6.45, 7) is 7.75. The molecule has 0 unspecified atom stereocenters. The maximum absolute atomic E-state index is 12.1. The van der Waals surface area contributed by atoms with E-state index >= 15 is 0 Å². The summed E-state index contributed by atoms with van der Waals surface area (Å²) in [5.74, 6) is -1.36. The first-order chi connectivity index (χ1) is 8.90. The van der Waals surface area contributed by atoms with E-state index in [4.69, 9.17) is 5.11 Å². The number of hydrogen-bond acceptors (Lipinski definition) is 3. The van der Waals surface area contributed by atoms with Gasteiger partial charge >= 0.3 is 5.97 Å². The number of aryl methyl sites for hydroxylation is 2. The Labute approximate surface area is 117 Å². The van der Waals surface area contributed by atoms with Gasteiger partial charge in [0, 0.05) is 4.88 Å². The molecule has 1 heterocycles. The van der Waals surface area contributed by atoms with Crippen molar-refractivity contribution in [1.29, 1.82) is 0 Å². The molecule has 19 heavy (non-hydrogen) atoms. The molecule has 1 amide bonds. The van der Waals surface area contributed by atoms with Crippen LogP contribution in [0.3, 0.4) is 0 Å². The number of carbonyl (C=O) groups excluding carboxylic acids is 1. The average Bonchev–Trinajstić information content (AvgIpc) is 2.75. The summed E-state index contributed by atoms with van der Waals surface area (Å²) in [7, 11) is 0. The normalized spacial score (nSPS) is 13.9. The smallest absolute Gasteiger partial charge is 0.326 e. The highest BCUT2D eigenvalue weighted by atomic mass is 32.1. The summed E-state index contributed by atoms with van der Waals surface area (Å²) in [5, 5.41) is 11.8. The van der Waals surface area contributed by atoms with Gasteiger partial charge in [0.15, 0.2) is 0 Å². The number of thiophene rings is 1.